The van der Waals surface area contributed by atoms with E-state index in [9.17, 15) is 0 Å². The van der Waals surface area contributed by atoms with E-state index < -0.39 is 0 Å². The van der Waals surface area contributed by atoms with E-state index in [-0.39, 0.29) is 0 Å². The molecule has 0 aromatic carbocycles. The second-order valence-corrected chi connectivity index (χ2v) is 5.20. The van der Waals surface area contributed by atoms with Gasteiger partial charge in [0.2, 0.25) is 0 Å². The molecule has 1 aromatic rings. The summed E-state index contributed by atoms with van der Waals surface area (Å²) in [5, 5.41) is 4.01. The third-order valence-electron chi connectivity index (χ3n) is 3.93. The topological polar surface area (TPSA) is 58.5 Å². The second kappa shape index (κ2) is 5.82. The standard InChI is InChI=1S/C13H24N4O/c1-10(8-14)17-6-4-16(5-7-17)9-13-11(2)15-18-12(13)3/h10H,4-9,14H2,1-3H3. The van der Waals surface area contributed by atoms with E-state index in [1.54, 1.807) is 0 Å². The number of aryl methyl sites for hydroxylation is 2. The number of aromatic nitrogens is 1. The quantitative estimate of drug-likeness (QED) is 0.857. The summed E-state index contributed by atoms with van der Waals surface area (Å²) in [6.07, 6.45) is 0. The van der Waals surface area contributed by atoms with Gasteiger partial charge in [-0.05, 0) is 20.8 Å². The molecular weight excluding hydrogens is 228 g/mol. The van der Waals surface area contributed by atoms with Crippen molar-refractivity contribution in [3.05, 3.63) is 17.0 Å². The van der Waals surface area contributed by atoms with E-state index in [1.165, 1.54) is 5.56 Å². The van der Waals surface area contributed by atoms with Gasteiger partial charge in [-0.25, -0.2) is 0 Å². The molecule has 2 N–H and O–H groups in total. The molecule has 0 amide bonds. The molecule has 2 heterocycles. The van der Waals surface area contributed by atoms with Gasteiger partial charge >= 0.3 is 0 Å². The van der Waals surface area contributed by atoms with Gasteiger partial charge in [0, 0.05) is 50.9 Å². The third-order valence-corrected chi connectivity index (χ3v) is 3.93. The Morgan fingerprint density at radius 1 is 1.28 bits per heavy atom. The van der Waals surface area contributed by atoms with Gasteiger partial charge in [-0.15, -0.1) is 0 Å². The van der Waals surface area contributed by atoms with Crippen LogP contribution < -0.4 is 5.73 Å². The lowest BCUT2D eigenvalue weighted by atomic mass is 10.1. The molecule has 102 valence electrons. The Balaban J connectivity index is 1.87. The molecule has 0 radical (unpaired) electrons. The first kappa shape index (κ1) is 13.5. The van der Waals surface area contributed by atoms with Crippen molar-refractivity contribution in [3.63, 3.8) is 0 Å². The molecule has 1 aromatic heterocycles. The maximum atomic E-state index is 5.71. The van der Waals surface area contributed by atoms with Gasteiger partial charge in [0.25, 0.3) is 0 Å². The zero-order valence-corrected chi connectivity index (χ0v) is 11.6. The van der Waals surface area contributed by atoms with E-state index >= 15 is 0 Å². The highest BCUT2D eigenvalue weighted by molar-refractivity contribution is 5.20. The second-order valence-electron chi connectivity index (χ2n) is 5.20. The molecule has 1 unspecified atom stereocenters. The largest absolute Gasteiger partial charge is 0.361 e. The van der Waals surface area contributed by atoms with Gasteiger partial charge in [0.15, 0.2) is 0 Å². The van der Waals surface area contributed by atoms with Crippen LogP contribution in [0.25, 0.3) is 0 Å². The maximum Gasteiger partial charge on any atom is 0.138 e. The fraction of sp³-hybridized carbons (Fsp3) is 0.769. The van der Waals surface area contributed by atoms with E-state index in [0.717, 1.165) is 50.7 Å². The van der Waals surface area contributed by atoms with E-state index in [2.05, 4.69) is 21.9 Å². The minimum Gasteiger partial charge on any atom is -0.361 e. The van der Waals surface area contributed by atoms with E-state index in [4.69, 9.17) is 10.3 Å². The SMILES string of the molecule is Cc1noc(C)c1CN1CCN(C(C)CN)CC1. The van der Waals surface area contributed by atoms with Gasteiger partial charge in [0.1, 0.15) is 5.76 Å². The summed E-state index contributed by atoms with van der Waals surface area (Å²) in [6.45, 7) is 12.3. The van der Waals surface area contributed by atoms with Crippen LogP contribution in [-0.2, 0) is 6.54 Å². The molecule has 5 heteroatoms. The normalized spacial score (nSPS) is 20.2. The number of rotatable bonds is 4. The Morgan fingerprint density at radius 2 is 1.94 bits per heavy atom. The molecule has 5 nitrogen and oxygen atoms in total. The van der Waals surface area contributed by atoms with Crippen LogP contribution >= 0.6 is 0 Å². The van der Waals surface area contributed by atoms with Gasteiger partial charge in [-0.3, -0.25) is 9.80 Å². The van der Waals surface area contributed by atoms with Crippen molar-refractivity contribution >= 4 is 0 Å². The number of nitrogens with zero attached hydrogens (tertiary/aromatic N) is 3. The van der Waals surface area contributed by atoms with Crippen LogP contribution in [0, 0.1) is 13.8 Å². The molecule has 18 heavy (non-hydrogen) atoms. The summed E-state index contributed by atoms with van der Waals surface area (Å²) in [7, 11) is 0. The lowest BCUT2D eigenvalue weighted by molar-refractivity contribution is 0.100. The lowest BCUT2D eigenvalue weighted by Gasteiger charge is -2.37. The molecule has 1 saturated heterocycles. The maximum absolute atomic E-state index is 5.71. The van der Waals surface area contributed by atoms with Crippen molar-refractivity contribution < 1.29 is 4.52 Å². The third kappa shape index (κ3) is 2.91. The fourth-order valence-corrected chi connectivity index (χ4v) is 2.46. The molecule has 1 fully saturated rings. The van der Waals surface area contributed by atoms with Crippen molar-refractivity contribution in [3.8, 4) is 0 Å². The number of hydrogen-bond donors (Lipinski definition) is 1. The van der Waals surface area contributed by atoms with E-state index in [1.807, 2.05) is 13.8 Å². The van der Waals surface area contributed by atoms with Crippen LogP contribution in [0.1, 0.15) is 23.9 Å². The molecule has 0 spiro atoms. The van der Waals surface area contributed by atoms with Crippen LogP contribution in [0.4, 0.5) is 0 Å². The van der Waals surface area contributed by atoms with Crippen molar-refractivity contribution in [2.75, 3.05) is 32.7 Å². The van der Waals surface area contributed by atoms with Crippen LogP contribution in [0.2, 0.25) is 0 Å². The lowest BCUT2D eigenvalue weighted by Crippen LogP contribution is -2.51. The summed E-state index contributed by atoms with van der Waals surface area (Å²) in [4.78, 5) is 4.93. The van der Waals surface area contributed by atoms with Crippen LogP contribution in [0.5, 0.6) is 0 Å². The molecule has 1 aliphatic rings. The highest BCUT2D eigenvalue weighted by Crippen LogP contribution is 2.16. The molecular formula is C13H24N4O. The molecule has 0 saturated carbocycles. The summed E-state index contributed by atoms with van der Waals surface area (Å²) in [6, 6.07) is 0.492. The minimum atomic E-state index is 0.492. The summed E-state index contributed by atoms with van der Waals surface area (Å²) in [5.74, 6) is 0.949. The smallest absolute Gasteiger partial charge is 0.138 e. The van der Waals surface area contributed by atoms with Gasteiger partial charge in [0.05, 0.1) is 5.69 Å². The fourth-order valence-electron chi connectivity index (χ4n) is 2.46. The monoisotopic (exact) mass is 252 g/mol. The number of piperazine rings is 1. The average molecular weight is 252 g/mol. The number of hydrogen-bond acceptors (Lipinski definition) is 5. The van der Waals surface area contributed by atoms with Crippen molar-refractivity contribution in [1.29, 1.82) is 0 Å². The highest BCUT2D eigenvalue weighted by atomic mass is 16.5. The predicted molar refractivity (Wildman–Crippen MR) is 71.3 cm³/mol. The Hall–Kier alpha value is -0.910. The van der Waals surface area contributed by atoms with Gasteiger partial charge < -0.3 is 10.3 Å². The Labute approximate surface area is 109 Å². The van der Waals surface area contributed by atoms with Gasteiger partial charge in [-0.2, -0.15) is 0 Å². The zero-order chi connectivity index (χ0) is 13.1. The highest BCUT2D eigenvalue weighted by Gasteiger charge is 2.21. The Bertz CT molecular complexity index is 363. The summed E-state index contributed by atoms with van der Waals surface area (Å²) < 4.78 is 5.21. The summed E-state index contributed by atoms with van der Waals surface area (Å²) >= 11 is 0. The molecule has 1 aliphatic heterocycles. The van der Waals surface area contributed by atoms with E-state index in [0.29, 0.717) is 6.04 Å². The first-order valence-corrected chi connectivity index (χ1v) is 6.70. The Morgan fingerprint density at radius 3 is 2.44 bits per heavy atom. The molecule has 1 atom stereocenters. The summed E-state index contributed by atoms with van der Waals surface area (Å²) in [5.41, 5.74) is 7.98. The van der Waals surface area contributed by atoms with Crippen LogP contribution in [0.15, 0.2) is 4.52 Å². The van der Waals surface area contributed by atoms with Crippen molar-refractivity contribution in [2.24, 2.45) is 5.73 Å². The van der Waals surface area contributed by atoms with Crippen molar-refractivity contribution in [2.45, 2.75) is 33.4 Å². The first-order chi connectivity index (χ1) is 8.61. The first-order valence-electron chi connectivity index (χ1n) is 6.70. The minimum absolute atomic E-state index is 0.492. The molecule has 0 bridgehead atoms. The van der Waals surface area contributed by atoms with Crippen LogP contribution in [0.3, 0.4) is 0 Å². The zero-order valence-electron chi connectivity index (χ0n) is 11.6. The Kier molecular flexibility index (Phi) is 4.37. The predicted octanol–water partition coefficient (Wildman–Crippen LogP) is 0.756. The van der Waals surface area contributed by atoms with Gasteiger partial charge in [-0.1, -0.05) is 5.16 Å². The molecule has 2 rings (SSSR count). The van der Waals surface area contributed by atoms with Crippen LogP contribution in [-0.4, -0.2) is 53.7 Å². The number of nitrogens with two attached hydrogens (primary N) is 1. The van der Waals surface area contributed by atoms with Crippen molar-refractivity contribution in [1.82, 2.24) is 15.0 Å². The molecule has 0 aliphatic carbocycles. The average Bonchev–Trinajstić information content (AvgIpc) is 2.70.